The number of hydrogen-bond acceptors (Lipinski definition) is 4. The van der Waals surface area contributed by atoms with Gasteiger partial charge in [-0.2, -0.15) is 0 Å². The van der Waals surface area contributed by atoms with Crippen molar-refractivity contribution in [2.24, 2.45) is 5.92 Å². The molecule has 23 heavy (non-hydrogen) atoms. The molecule has 2 aromatic rings. The molecule has 0 amide bonds. The third-order valence-electron chi connectivity index (χ3n) is 3.19. The molecule has 2 rings (SSSR count). The van der Waals surface area contributed by atoms with E-state index < -0.39 is 0 Å². The van der Waals surface area contributed by atoms with Gasteiger partial charge < -0.3 is 9.30 Å². The number of nitrogens with zero attached hydrogens (tertiary/aromatic N) is 3. The maximum atomic E-state index is 5.82. The van der Waals surface area contributed by atoms with Gasteiger partial charge in [0.2, 0.25) is 0 Å². The van der Waals surface area contributed by atoms with Crippen molar-refractivity contribution in [3.63, 3.8) is 0 Å². The number of ether oxygens (including phenoxy) is 1. The molecule has 0 aliphatic rings. The van der Waals surface area contributed by atoms with Gasteiger partial charge >= 0.3 is 0 Å². The van der Waals surface area contributed by atoms with Crippen LogP contribution in [-0.4, -0.2) is 20.5 Å². The molecular formula is C17H22BrN3OS. The maximum absolute atomic E-state index is 5.82. The molecule has 1 aromatic heterocycles. The molecule has 0 aliphatic heterocycles. The quantitative estimate of drug-likeness (QED) is 0.565. The van der Waals surface area contributed by atoms with E-state index in [1.165, 1.54) is 0 Å². The van der Waals surface area contributed by atoms with Crippen molar-refractivity contribution in [2.45, 2.75) is 38.6 Å². The van der Waals surface area contributed by atoms with Crippen LogP contribution < -0.4 is 4.74 Å². The molecule has 4 nitrogen and oxygen atoms in total. The molecule has 124 valence electrons. The first kappa shape index (κ1) is 18.1. The lowest BCUT2D eigenvalue weighted by Gasteiger charge is -2.12. The van der Waals surface area contributed by atoms with Gasteiger partial charge in [-0.25, -0.2) is 0 Å². The molecule has 0 spiro atoms. The van der Waals surface area contributed by atoms with Crippen LogP contribution in [0.4, 0.5) is 0 Å². The van der Waals surface area contributed by atoms with Crippen LogP contribution in [0.15, 0.2) is 46.5 Å². The Balaban J connectivity index is 2.08. The minimum atomic E-state index is 0.422. The van der Waals surface area contributed by atoms with E-state index in [1.807, 2.05) is 30.3 Å². The van der Waals surface area contributed by atoms with E-state index in [-0.39, 0.29) is 0 Å². The predicted octanol–water partition coefficient (Wildman–Crippen LogP) is 4.90. The standard InChI is InChI=1S/C17H22BrN3OS/c1-13(2)9-10-21-16(11-22-15-7-5-4-6-8-15)19-20-17(21)23-12-14(3)18/h4-8,13H,3,9-12H2,1-2H3. The van der Waals surface area contributed by atoms with Gasteiger partial charge in [0.1, 0.15) is 12.4 Å². The number of para-hydroxylation sites is 1. The average Bonchev–Trinajstić information content (AvgIpc) is 2.92. The topological polar surface area (TPSA) is 39.9 Å². The molecule has 0 N–H and O–H groups in total. The second kappa shape index (κ2) is 9.13. The number of hydrogen-bond donors (Lipinski definition) is 0. The minimum absolute atomic E-state index is 0.422. The van der Waals surface area contributed by atoms with Crippen LogP contribution in [0.1, 0.15) is 26.1 Å². The zero-order valence-corrected chi connectivity index (χ0v) is 15.9. The summed E-state index contributed by atoms with van der Waals surface area (Å²) in [5.41, 5.74) is 0. The summed E-state index contributed by atoms with van der Waals surface area (Å²) in [6.07, 6.45) is 1.08. The molecule has 0 aliphatic carbocycles. The fraction of sp³-hybridized carbons (Fsp3) is 0.412. The lowest BCUT2D eigenvalue weighted by atomic mass is 10.1. The van der Waals surface area contributed by atoms with E-state index in [4.69, 9.17) is 4.74 Å². The number of halogens is 1. The third kappa shape index (κ3) is 6.03. The van der Waals surface area contributed by atoms with Crippen molar-refractivity contribution in [2.75, 3.05) is 5.75 Å². The number of thioether (sulfide) groups is 1. The largest absolute Gasteiger partial charge is 0.486 e. The van der Waals surface area contributed by atoms with Crippen molar-refractivity contribution in [1.82, 2.24) is 14.8 Å². The summed E-state index contributed by atoms with van der Waals surface area (Å²) in [4.78, 5) is 0. The van der Waals surface area contributed by atoms with Crippen molar-refractivity contribution in [3.05, 3.63) is 47.2 Å². The monoisotopic (exact) mass is 395 g/mol. The summed E-state index contributed by atoms with van der Waals surface area (Å²) >= 11 is 5.03. The molecule has 0 fully saturated rings. The molecular weight excluding hydrogens is 374 g/mol. The Hall–Kier alpha value is -1.27. The van der Waals surface area contributed by atoms with Gasteiger partial charge in [0, 0.05) is 12.3 Å². The van der Waals surface area contributed by atoms with E-state index in [1.54, 1.807) is 11.8 Å². The first-order valence-corrected chi connectivity index (χ1v) is 9.40. The Morgan fingerprint density at radius 1 is 1.30 bits per heavy atom. The maximum Gasteiger partial charge on any atom is 0.191 e. The summed E-state index contributed by atoms with van der Waals surface area (Å²) in [6.45, 7) is 9.63. The fourth-order valence-corrected chi connectivity index (χ4v) is 3.03. The van der Waals surface area contributed by atoms with Gasteiger partial charge in [-0.3, -0.25) is 0 Å². The second-order valence-electron chi connectivity index (χ2n) is 5.64. The van der Waals surface area contributed by atoms with Crippen molar-refractivity contribution in [3.8, 4) is 5.75 Å². The summed E-state index contributed by atoms with van der Waals surface area (Å²) in [5, 5.41) is 9.54. The lowest BCUT2D eigenvalue weighted by molar-refractivity contribution is 0.285. The molecule has 0 saturated heterocycles. The zero-order chi connectivity index (χ0) is 16.7. The van der Waals surface area contributed by atoms with Crippen molar-refractivity contribution in [1.29, 1.82) is 0 Å². The highest BCUT2D eigenvalue weighted by atomic mass is 79.9. The van der Waals surface area contributed by atoms with Gasteiger partial charge in [-0.05, 0) is 29.0 Å². The highest BCUT2D eigenvalue weighted by molar-refractivity contribution is 9.11. The highest BCUT2D eigenvalue weighted by Gasteiger charge is 2.14. The molecule has 0 bridgehead atoms. The van der Waals surface area contributed by atoms with Crippen LogP contribution in [0, 0.1) is 5.92 Å². The number of aromatic nitrogens is 3. The normalized spacial score (nSPS) is 11.0. The van der Waals surface area contributed by atoms with Gasteiger partial charge in [-0.15, -0.1) is 10.2 Å². The predicted molar refractivity (Wildman–Crippen MR) is 99.0 cm³/mol. The van der Waals surface area contributed by atoms with E-state index in [2.05, 4.69) is 51.1 Å². The second-order valence-corrected chi connectivity index (χ2v) is 7.70. The third-order valence-corrected chi connectivity index (χ3v) is 4.90. The lowest BCUT2D eigenvalue weighted by Crippen LogP contribution is -2.10. The van der Waals surface area contributed by atoms with Gasteiger partial charge in [0.25, 0.3) is 0 Å². The van der Waals surface area contributed by atoms with Crippen molar-refractivity contribution < 1.29 is 4.74 Å². The Kier molecular flexibility index (Phi) is 7.17. The Labute approximate surface area is 150 Å². The highest BCUT2D eigenvalue weighted by Crippen LogP contribution is 2.23. The summed E-state index contributed by atoms with van der Waals surface area (Å²) in [5.74, 6) is 3.11. The van der Waals surface area contributed by atoms with Crippen LogP contribution in [0.2, 0.25) is 0 Å². The summed E-state index contributed by atoms with van der Waals surface area (Å²) in [6, 6.07) is 9.78. The average molecular weight is 396 g/mol. The SMILES string of the molecule is C=C(Br)CSc1nnc(COc2ccccc2)n1CCC(C)C. The molecule has 1 aromatic carbocycles. The first-order valence-electron chi connectivity index (χ1n) is 7.62. The molecule has 0 atom stereocenters. The Morgan fingerprint density at radius 2 is 2.04 bits per heavy atom. The van der Waals surface area contributed by atoms with Crippen LogP contribution in [0.25, 0.3) is 0 Å². The van der Waals surface area contributed by atoms with E-state index >= 15 is 0 Å². The molecule has 6 heteroatoms. The van der Waals surface area contributed by atoms with Crippen LogP contribution in [0.3, 0.4) is 0 Å². The number of benzene rings is 1. The van der Waals surface area contributed by atoms with Gasteiger partial charge in [0.15, 0.2) is 11.0 Å². The summed E-state index contributed by atoms with van der Waals surface area (Å²) < 4.78 is 8.92. The molecule has 0 saturated carbocycles. The van der Waals surface area contributed by atoms with E-state index in [9.17, 15) is 0 Å². The molecule has 0 radical (unpaired) electrons. The van der Waals surface area contributed by atoms with Crippen LogP contribution >= 0.6 is 27.7 Å². The first-order chi connectivity index (χ1) is 11.1. The fourth-order valence-electron chi connectivity index (χ4n) is 1.95. The van der Waals surface area contributed by atoms with E-state index in [0.29, 0.717) is 12.5 Å². The van der Waals surface area contributed by atoms with Gasteiger partial charge in [-0.1, -0.05) is 66.3 Å². The molecule has 0 unspecified atom stereocenters. The van der Waals surface area contributed by atoms with Crippen LogP contribution in [-0.2, 0) is 13.2 Å². The number of rotatable bonds is 9. The molecule has 1 heterocycles. The van der Waals surface area contributed by atoms with Crippen LogP contribution in [0.5, 0.6) is 5.75 Å². The summed E-state index contributed by atoms with van der Waals surface area (Å²) in [7, 11) is 0. The van der Waals surface area contributed by atoms with E-state index in [0.717, 1.165) is 39.9 Å². The van der Waals surface area contributed by atoms with Gasteiger partial charge in [0.05, 0.1) is 0 Å². The smallest absolute Gasteiger partial charge is 0.191 e. The van der Waals surface area contributed by atoms with Crippen molar-refractivity contribution >= 4 is 27.7 Å². The minimum Gasteiger partial charge on any atom is -0.486 e. The zero-order valence-electron chi connectivity index (χ0n) is 13.5. The Morgan fingerprint density at radius 3 is 2.70 bits per heavy atom. The Bertz CT molecular complexity index is 628.